The molecular weight excluding hydrogens is 306 g/mol. The van der Waals surface area contributed by atoms with Crippen molar-refractivity contribution >= 4 is 29.5 Å². The third kappa shape index (κ3) is 4.91. The number of amides is 1. The van der Waals surface area contributed by atoms with Gasteiger partial charge in [0.05, 0.1) is 0 Å². The Morgan fingerprint density at radius 1 is 1.55 bits per heavy atom. The van der Waals surface area contributed by atoms with Gasteiger partial charge < -0.3 is 20.7 Å². The van der Waals surface area contributed by atoms with E-state index in [4.69, 9.17) is 22.1 Å². The van der Waals surface area contributed by atoms with Gasteiger partial charge in [0.1, 0.15) is 16.6 Å². The van der Waals surface area contributed by atoms with Crippen molar-refractivity contribution in [2.45, 2.75) is 32.8 Å². The van der Waals surface area contributed by atoms with Gasteiger partial charge in [0.15, 0.2) is 0 Å². The highest BCUT2D eigenvalue weighted by molar-refractivity contribution is 6.29. The van der Waals surface area contributed by atoms with Gasteiger partial charge in [0.2, 0.25) is 5.95 Å². The maximum atomic E-state index is 11.7. The number of nitrogen functional groups attached to an aromatic ring is 1. The summed E-state index contributed by atoms with van der Waals surface area (Å²) < 4.78 is 5.22. The molecule has 3 N–H and O–H groups in total. The van der Waals surface area contributed by atoms with Gasteiger partial charge in [-0.3, -0.25) is 0 Å². The van der Waals surface area contributed by atoms with Crippen molar-refractivity contribution in [1.29, 1.82) is 0 Å². The second kappa shape index (κ2) is 6.56. The molecule has 1 fully saturated rings. The standard InChI is InChI=1S/C14H22ClN5O2/c1-14(2,3)22-13(21)17-7-9-4-5-20(8-9)11-6-10(15)18-12(16)19-11/h6,9H,4-5,7-8H2,1-3H3,(H,17,21)(H2,16,18,19)/t9-/m1/s1. The van der Waals surface area contributed by atoms with Crippen LogP contribution in [0.1, 0.15) is 27.2 Å². The van der Waals surface area contributed by atoms with Crippen molar-refractivity contribution in [1.82, 2.24) is 15.3 Å². The van der Waals surface area contributed by atoms with Gasteiger partial charge in [-0.15, -0.1) is 0 Å². The summed E-state index contributed by atoms with van der Waals surface area (Å²) in [5.41, 5.74) is 5.13. The van der Waals surface area contributed by atoms with E-state index < -0.39 is 5.60 Å². The van der Waals surface area contributed by atoms with Gasteiger partial charge in [-0.2, -0.15) is 4.98 Å². The molecule has 122 valence electrons. The van der Waals surface area contributed by atoms with E-state index in [-0.39, 0.29) is 12.0 Å². The van der Waals surface area contributed by atoms with Crippen LogP contribution in [0.15, 0.2) is 6.07 Å². The molecule has 1 amide bonds. The molecule has 2 heterocycles. The Balaban J connectivity index is 1.84. The zero-order valence-corrected chi connectivity index (χ0v) is 13.9. The monoisotopic (exact) mass is 327 g/mol. The van der Waals surface area contributed by atoms with E-state index in [0.29, 0.717) is 17.6 Å². The quantitative estimate of drug-likeness (QED) is 0.825. The van der Waals surface area contributed by atoms with Crippen LogP contribution >= 0.6 is 11.6 Å². The number of hydrogen-bond acceptors (Lipinski definition) is 6. The Kier molecular flexibility index (Phi) is 4.95. The van der Waals surface area contributed by atoms with E-state index in [1.807, 2.05) is 20.8 Å². The largest absolute Gasteiger partial charge is 0.444 e. The second-order valence-corrected chi connectivity index (χ2v) is 6.78. The van der Waals surface area contributed by atoms with Crippen LogP contribution in [0.4, 0.5) is 16.6 Å². The Hall–Kier alpha value is -1.76. The number of nitrogens with two attached hydrogens (primary N) is 1. The molecule has 2 rings (SSSR count). The fourth-order valence-corrected chi connectivity index (χ4v) is 2.52. The lowest BCUT2D eigenvalue weighted by Gasteiger charge is -2.21. The lowest BCUT2D eigenvalue weighted by atomic mass is 10.1. The molecule has 1 aromatic heterocycles. The molecule has 0 unspecified atom stereocenters. The number of nitrogens with zero attached hydrogens (tertiary/aromatic N) is 3. The van der Waals surface area contributed by atoms with Crippen LogP contribution in [0.5, 0.6) is 0 Å². The van der Waals surface area contributed by atoms with Crippen LogP contribution in [0.25, 0.3) is 0 Å². The fourth-order valence-electron chi connectivity index (χ4n) is 2.33. The lowest BCUT2D eigenvalue weighted by molar-refractivity contribution is 0.0520. The van der Waals surface area contributed by atoms with E-state index in [9.17, 15) is 4.79 Å². The molecule has 1 aliphatic rings. The summed E-state index contributed by atoms with van der Waals surface area (Å²) in [6.07, 6.45) is 0.567. The van der Waals surface area contributed by atoms with Crippen LogP contribution in [-0.2, 0) is 4.74 Å². The third-order valence-electron chi connectivity index (χ3n) is 3.24. The normalized spacial score (nSPS) is 18.4. The summed E-state index contributed by atoms with van der Waals surface area (Å²) in [5, 5.41) is 3.14. The number of hydrogen-bond donors (Lipinski definition) is 2. The molecule has 0 spiro atoms. The Morgan fingerprint density at radius 3 is 2.91 bits per heavy atom. The predicted octanol–water partition coefficient (Wildman–Crippen LogP) is 2.06. The third-order valence-corrected chi connectivity index (χ3v) is 3.44. The number of rotatable bonds is 3. The zero-order valence-electron chi connectivity index (χ0n) is 13.1. The van der Waals surface area contributed by atoms with E-state index in [0.717, 1.165) is 25.3 Å². The minimum Gasteiger partial charge on any atom is -0.444 e. The smallest absolute Gasteiger partial charge is 0.407 e. The molecule has 0 aliphatic carbocycles. The van der Waals surface area contributed by atoms with Crippen molar-refractivity contribution in [2.24, 2.45) is 5.92 Å². The highest BCUT2D eigenvalue weighted by Crippen LogP contribution is 2.24. The van der Waals surface area contributed by atoms with Crippen LogP contribution in [-0.4, -0.2) is 41.3 Å². The molecule has 1 atom stereocenters. The van der Waals surface area contributed by atoms with Crippen LogP contribution in [0.3, 0.4) is 0 Å². The summed E-state index contributed by atoms with van der Waals surface area (Å²) in [6.45, 7) is 7.71. The van der Waals surface area contributed by atoms with Gasteiger partial charge in [-0.05, 0) is 33.1 Å². The number of ether oxygens (including phenoxy) is 1. The van der Waals surface area contributed by atoms with Crippen LogP contribution in [0.2, 0.25) is 5.15 Å². The van der Waals surface area contributed by atoms with Crippen molar-refractivity contribution in [3.63, 3.8) is 0 Å². The highest BCUT2D eigenvalue weighted by Gasteiger charge is 2.25. The first kappa shape index (κ1) is 16.6. The topological polar surface area (TPSA) is 93.4 Å². The van der Waals surface area contributed by atoms with Crippen molar-refractivity contribution in [2.75, 3.05) is 30.3 Å². The molecule has 0 radical (unpaired) electrons. The Morgan fingerprint density at radius 2 is 2.27 bits per heavy atom. The summed E-state index contributed by atoms with van der Waals surface area (Å²) in [7, 11) is 0. The first-order valence-corrected chi connectivity index (χ1v) is 7.62. The number of aromatic nitrogens is 2. The highest BCUT2D eigenvalue weighted by atomic mass is 35.5. The molecule has 0 aromatic carbocycles. The maximum Gasteiger partial charge on any atom is 0.407 e. The fraction of sp³-hybridized carbons (Fsp3) is 0.643. The number of anilines is 2. The van der Waals surface area contributed by atoms with Gasteiger partial charge >= 0.3 is 6.09 Å². The van der Waals surface area contributed by atoms with Crippen molar-refractivity contribution < 1.29 is 9.53 Å². The van der Waals surface area contributed by atoms with Crippen molar-refractivity contribution in [3.05, 3.63) is 11.2 Å². The molecule has 22 heavy (non-hydrogen) atoms. The van der Waals surface area contributed by atoms with Gasteiger partial charge in [-0.25, -0.2) is 9.78 Å². The van der Waals surface area contributed by atoms with Crippen LogP contribution < -0.4 is 16.0 Å². The zero-order chi connectivity index (χ0) is 16.3. The van der Waals surface area contributed by atoms with Gasteiger partial charge in [0.25, 0.3) is 0 Å². The van der Waals surface area contributed by atoms with E-state index in [1.165, 1.54) is 0 Å². The minimum atomic E-state index is -0.485. The summed E-state index contributed by atoms with van der Waals surface area (Å²) in [4.78, 5) is 21.8. The number of carbonyl (C=O) groups is 1. The van der Waals surface area contributed by atoms with Crippen LogP contribution in [0, 0.1) is 5.92 Å². The SMILES string of the molecule is CC(C)(C)OC(=O)NC[C@H]1CCN(c2cc(Cl)nc(N)n2)C1. The molecular formula is C14H22ClN5O2. The minimum absolute atomic E-state index is 0.165. The molecule has 7 nitrogen and oxygen atoms in total. The first-order valence-electron chi connectivity index (χ1n) is 7.25. The van der Waals surface area contributed by atoms with E-state index >= 15 is 0 Å². The summed E-state index contributed by atoms with van der Waals surface area (Å²) in [6, 6.07) is 1.70. The number of alkyl carbamates (subject to hydrolysis) is 1. The molecule has 0 bridgehead atoms. The molecule has 1 saturated heterocycles. The number of nitrogens with one attached hydrogen (secondary N) is 1. The maximum absolute atomic E-state index is 11.7. The van der Waals surface area contributed by atoms with Crippen molar-refractivity contribution in [3.8, 4) is 0 Å². The predicted molar refractivity (Wildman–Crippen MR) is 86.0 cm³/mol. The van der Waals surface area contributed by atoms with Gasteiger partial charge in [-0.1, -0.05) is 11.6 Å². The molecule has 1 aromatic rings. The number of halogens is 1. The van der Waals surface area contributed by atoms with E-state index in [2.05, 4.69) is 20.2 Å². The molecule has 8 heteroatoms. The summed E-state index contributed by atoms with van der Waals surface area (Å²) >= 11 is 5.90. The lowest BCUT2D eigenvalue weighted by Crippen LogP contribution is -2.36. The Labute approximate surface area is 135 Å². The second-order valence-electron chi connectivity index (χ2n) is 6.39. The van der Waals surface area contributed by atoms with Gasteiger partial charge in [0, 0.05) is 25.7 Å². The molecule has 1 aliphatic heterocycles. The number of carbonyl (C=O) groups excluding carboxylic acids is 1. The Bertz CT molecular complexity index is 526. The first-order chi connectivity index (χ1) is 10.2. The molecule has 0 saturated carbocycles. The summed E-state index contributed by atoms with van der Waals surface area (Å²) in [5.74, 6) is 1.22. The average molecular weight is 328 g/mol. The van der Waals surface area contributed by atoms with E-state index in [1.54, 1.807) is 6.07 Å². The average Bonchev–Trinajstić information content (AvgIpc) is 2.82.